The molecular weight excluding hydrogens is 302 g/mol. The van der Waals surface area contributed by atoms with Gasteiger partial charge in [-0.3, -0.25) is 4.79 Å². The van der Waals surface area contributed by atoms with Crippen molar-refractivity contribution in [1.29, 1.82) is 0 Å². The molecule has 6 nitrogen and oxygen atoms in total. The predicted octanol–water partition coefficient (Wildman–Crippen LogP) is 0.404. The molecule has 3 atom stereocenters. The fraction of sp³-hybridized carbons (Fsp3) is 0.533. The van der Waals surface area contributed by atoms with Gasteiger partial charge in [0, 0.05) is 24.7 Å². The number of nitrogens with one attached hydrogen (secondary N) is 1. The molecule has 1 aliphatic heterocycles. The number of sulfonamides is 1. The minimum absolute atomic E-state index is 0.0463. The molecule has 1 aliphatic carbocycles. The number of benzene rings is 1. The van der Waals surface area contributed by atoms with Crippen molar-refractivity contribution in [2.24, 2.45) is 17.6 Å². The molecule has 1 aromatic carbocycles. The molecule has 3 N–H and O–H groups in total. The molecule has 1 heterocycles. The van der Waals surface area contributed by atoms with Gasteiger partial charge in [0.15, 0.2) is 0 Å². The lowest BCUT2D eigenvalue weighted by atomic mass is 9.98. The molecule has 1 saturated heterocycles. The standard InChI is InChI=1S/C15H21N3O3S/c1-17-22(20,21)12-5-2-10(3-6-12)15(19)18-8-11-4-7-14(16)13(11)9-18/h2-3,5-6,11,13-14,17H,4,7-9,16H2,1H3. The molecule has 7 heteroatoms. The second kappa shape index (κ2) is 5.64. The molecule has 1 saturated carbocycles. The smallest absolute Gasteiger partial charge is 0.253 e. The highest BCUT2D eigenvalue weighted by molar-refractivity contribution is 7.89. The van der Waals surface area contributed by atoms with Gasteiger partial charge in [0.25, 0.3) is 5.91 Å². The maximum absolute atomic E-state index is 12.5. The Morgan fingerprint density at radius 3 is 2.50 bits per heavy atom. The largest absolute Gasteiger partial charge is 0.338 e. The summed E-state index contributed by atoms with van der Waals surface area (Å²) in [7, 11) is -2.11. The van der Waals surface area contributed by atoms with Crippen LogP contribution in [-0.4, -0.2) is 45.4 Å². The summed E-state index contributed by atoms with van der Waals surface area (Å²) in [5, 5.41) is 0. The van der Waals surface area contributed by atoms with E-state index in [1.807, 2.05) is 4.90 Å². The van der Waals surface area contributed by atoms with E-state index in [9.17, 15) is 13.2 Å². The second-order valence-electron chi connectivity index (χ2n) is 6.11. The topological polar surface area (TPSA) is 92.5 Å². The van der Waals surface area contributed by atoms with Crippen molar-refractivity contribution in [3.8, 4) is 0 Å². The van der Waals surface area contributed by atoms with Crippen LogP contribution in [0, 0.1) is 11.8 Å². The number of carbonyl (C=O) groups excluding carboxylic acids is 1. The molecule has 1 amide bonds. The van der Waals surface area contributed by atoms with Crippen LogP contribution in [0.1, 0.15) is 23.2 Å². The Morgan fingerprint density at radius 2 is 1.91 bits per heavy atom. The highest BCUT2D eigenvalue weighted by Crippen LogP contribution is 2.37. The Hall–Kier alpha value is -1.44. The van der Waals surface area contributed by atoms with E-state index in [0.717, 1.165) is 19.4 Å². The summed E-state index contributed by atoms with van der Waals surface area (Å²) in [6.45, 7) is 1.47. The molecule has 0 radical (unpaired) electrons. The van der Waals surface area contributed by atoms with Crippen LogP contribution in [0.5, 0.6) is 0 Å². The van der Waals surface area contributed by atoms with Gasteiger partial charge >= 0.3 is 0 Å². The van der Waals surface area contributed by atoms with Crippen molar-refractivity contribution in [3.63, 3.8) is 0 Å². The monoisotopic (exact) mass is 323 g/mol. The third-order valence-corrected chi connectivity index (χ3v) is 6.31. The molecule has 2 aliphatic rings. The van der Waals surface area contributed by atoms with E-state index in [2.05, 4.69) is 4.72 Å². The summed E-state index contributed by atoms with van der Waals surface area (Å²) in [6, 6.07) is 6.26. The maximum atomic E-state index is 12.5. The Kier molecular flexibility index (Phi) is 3.96. The Balaban J connectivity index is 1.74. The first-order chi connectivity index (χ1) is 10.4. The van der Waals surface area contributed by atoms with Gasteiger partial charge in [-0.25, -0.2) is 13.1 Å². The molecule has 120 valence electrons. The second-order valence-corrected chi connectivity index (χ2v) is 7.99. The summed E-state index contributed by atoms with van der Waals surface area (Å²) >= 11 is 0. The van der Waals surface area contributed by atoms with E-state index < -0.39 is 10.0 Å². The summed E-state index contributed by atoms with van der Waals surface area (Å²) < 4.78 is 25.6. The quantitative estimate of drug-likeness (QED) is 0.842. The zero-order valence-electron chi connectivity index (χ0n) is 12.5. The number of hydrogen-bond acceptors (Lipinski definition) is 4. The van der Waals surface area contributed by atoms with Gasteiger partial charge < -0.3 is 10.6 Å². The molecule has 0 aromatic heterocycles. The van der Waals surface area contributed by atoms with Gasteiger partial charge in [-0.1, -0.05) is 0 Å². The van der Waals surface area contributed by atoms with Gasteiger partial charge in [-0.2, -0.15) is 0 Å². The number of rotatable bonds is 3. The van der Waals surface area contributed by atoms with Gasteiger partial charge in [0.1, 0.15) is 0 Å². The average molecular weight is 323 g/mol. The van der Waals surface area contributed by atoms with Crippen molar-refractivity contribution in [1.82, 2.24) is 9.62 Å². The van der Waals surface area contributed by atoms with E-state index >= 15 is 0 Å². The normalized spacial score (nSPS) is 27.9. The van der Waals surface area contributed by atoms with Crippen LogP contribution in [-0.2, 0) is 10.0 Å². The molecule has 3 rings (SSSR count). The number of fused-ring (bicyclic) bond motifs is 1. The van der Waals surface area contributed by atoms with Crippen molar-refractivity contribution in [2.45, 2.75) is 23.8 Å². The number of nitrogens with zero attached hydrogens (tertiary/aromatic N) is 1. The van der Waals surface area contributed by atoms with E-state index in [1.54, 1.807) is 12.1 Å². The summed E-state index contributed by atoms with van der Waals surface area (Å²) in [5.41, 5.74) is 6.61. The number of nitrogens with two attached hydrogens (primary N) is 1. The third-order valence-electron chi connectivity index (χ3n) is 4.88. The zero-order valence-corrected chi connectivity index (χ0v) is 13.3. The van der Waals surface area contributed by atoms with Gasteiger partial charge in [0.05, 0.1) is 4.90 Å². The minimum atomic E-state index is -3.47. The predicted molar refractivity (Wildman–Crippen MR) is 82.8 cm³/mol. The number of hydrogen-bond donors (Lipinski definition) is 2. The highest BCUT2D eigenvalue weighted by Gasteiger charge is 2.42. The third kappa shape index (κ3) is 2.64. The zero-order chi connectivity index (χ0) is 15.9. The van der Waals surface area contributed by atoms with E-state index in [-0.39, 0.29) is 16.8 Å². The molecule has 2 fully saturated rings. The van der Waals surface area contributed by atoms with E-state index in [1.165, 1.54) is 19.2 Å². The number of likely N-dealkylation sites (tertiary alicyclic amines) is 1. The Labute approximate surface area is 130 Å². The van der Waals surface area contributed by atoms with Crippen LogP contribution >= 0.6 is 0 Å². The first-order valence-electron chi connectivity index (χ1n) is 7.51. The van der Waals surface area contributed by atoms with Crippen molar-refractivity contribution in [2.75, 3.05) is 20.1 Å². The molecule has 0 bridgehead atoms. The lowest BCUT2D eigenvalue weighted by molar-refractivity contribution is 0.0779. The van der Waals surface area contributed by atoms with Crippen LogP contribution < -0.4 is 10.5 Å². The Bertz CT molecular complexity index is 672. The fourth-order valence-electron chi connectivity index (χ4n) is 3.55. The molecule has 0 spiro atoms. The molecule has 1 aromatic rings. The van der Waals surface area contributed by atoms with Crippen LogP contribution in [0.15, 0.2) is 29.2 Å². The molecule has 22 heavy (non-hydrogen) atoms. The van der Waals surface area contributed by atoms with Crippen molar-refractivity contribution >= 4 is 15.9 Å². The summed E-state index contributed by atoms with van der Waals surface area (Å²) in [4.78, 5) is 14.5. The van der Waals surface area contributed by atoms with Crippen LogP contribution in [0.4, 0.5) is 0 Å². The van der Waals surface area contributed by atoms with Crippen molar-refractivity contribution in [3.05, 3.63) is 29.8 Å². The minimum Gasteiger partial charge on any atom is -0.338 e. The van der Waals surface area contributed by atoms with Gasteiger partial charge in [-0.05, 0) is 56.0 Å². The van der Waals surface area contributed by atoms with Crippen molar-refractivity contribution < 1.29 is 13.2 Å². The summed E-state index contributed by atoms with van der Waals surface area (Å²) in [6.07, 6.45) is 2.14. The van der Waals surface area contributed by atoms with Crippen LogP contribution in [0.2, 0.25) is 0 Å². The van der Waals surface area contributed by atoms with Gasteiger partial charge in [-0.15, -0.1) is 0 Å². The number of amides is 1. The molecule has 3 unspecified atom stereocenters. The number of carbonyl (C=O) groups is 1. The first kappa shape index (κ1) is 15.5. The lowest BCUT2D eigenvalue weighted by Gasteiger charge is -2.19. The first-order valence-corrected chi connectivity index (χ1v) is 8.99. The summed E-state index contributed by atoms with van der Waals surface area (Å²) in [5.74, 6) is 0.880. The van der Waals surface area contributed by atoms with Gasteiger partial charge in [0.2, 0.25) is 10.0 Å². The lowest BCUT2D eigenvalue weighted by Crippen LogP contribution is -2.33. The van der Waals surface area contributed by atoms with Crippen LogP contribution in [0.3, 0.4) is 0 Å². The Morgan fingerprint density at radius 1 is 1.23 bits per heavy atom. The van der Waals surface area contributed by atoms with Crippen LogP contribution in [0.25, 0.3) is 0 Å². The van der Waals surface area contributed by atoms with E-state index in [0.29, 0.717) is 23.9 Å². The molecular formula is C15H21N3O3S. The van der Waals surface area contributed by atoms with E-state index in [4.69, 9.17) is 5.73 Å². The average Bonchev–Trinajstić information content (AvgIpc) is 3.09. The SMILES string of the molecule is CNS(=O)(=O)c1ccc(C(=O)N2CC3CCC(N)C3C2)cc1. The maximum Gasteiger partial charge on any atom is 0.253 e. The fourth-order valence-corrected chi connectivity index (χ4v) is 4.28. The highest BCUT2D eigenvalue weighted by atomic mass is 32.2.